The van der Waals surface area contributed by atoms with Crippen LogP contribution >= 0.6 is 23.3 Å². The molecule has 3 aromatic rings. The van der Waals surface area contributed by atoms with Crippen LogP contribution in [0.15, 0.2) is 47.5 Å². The number of benzene rings is 2. The topological polar surface area (TPSA) is 39.2 Å². The van der Waals surface area contributed by atoms with E-state index in [4.69, 9.17) is 4.74 Å². The summed E-state index contributed by atoms with van der Waals surface area (Å²) in [5.41, 5.74) is 2.99. The third kappa shape index (κ3) is 4.53. The fourth-order valence-corrected chi connectivity index (χ4v) is 4.73. The molecule has 0 atom stereocenters. The largest absolute Gasteiger partial charge is 0.459 e. The molecule has 0 saturated carbocycles. The summed E-state index contributed by atoms with van der Waals surface area (Å²) in [6.07, 6.45) is 1.89. The molecule has 3 nitrogen and oxygen atoms in total. The summed E-state index contributed by atoms with van der Waals surface area (Å²) < 4.78 is 10.4. The van der Waals surface area contributed by atoms with E-state index in [1.165, 1.54) is 17.1 Å². The van der Waals surface area contributed by atoms with Gasteiger partial charge in [0, 0.05) is 22.0 Å². The molecule has 0 aliphatic carbocycles. The molecule has 0 aliphatic rings. The Labute approximate surface area is 169 Å². The number of fused-ring (bicyclic) bond motifs is 1. The van der Waals surface area contributed by atoms with Crippen molar-refractivity contribution in [2.75, 3.05) is 0 Å². The number of hydrogen-bond acceptors (Lipinski definition) is 5. The molecular weight excluding hydrogens is 374 g/mol. The highest BCUT2D eigenvalue weighted by Gasteiger charge is 2.34. The first-order valence-corrected chi connectivity index (χ1v) is 10.5. The Kier molecular flexibility index (Phi) is 5.37. The number of nitrogens with zero attached hydrogens (tertiary/aromatic N) is 1. The van der Waals surface area contributed by atoms with E-state index in [0.717, 1.165) is 26.1 Å². The number of esters is 1. The number of thioether (sulfide) groups is 1. The smallest absolute Gasteiger partial charge is 0.322 e. The molecule has 0 unspecified atom stereocenters. The molecule has 0 spiro atoms. The monoisotopic (exact) mass is 399 g/mol. The third-order valence-electron chi connectivity index (χ3n) is 4.08. The van der Waals surface area contributed by atoms with E-state index in [0.29, 0.717) is 0 Å². The van der Waals surface area contributed by atoms with E-state index >= 15 is 0 Å². The fourth-order valence-electron chi connectivity index (χ4n) is 2.71. The highest BCUT2D eigenvalue weighted by atomic mass is 32.2. The van der Waals surface area contributed by atoms with E-state index in [9.17, 15) is 4.79 Å². The standard InChI is InChI=1S/C22H25NO2S2/c1-14-7-9-15(10-8-14)18-17(12-11-16-13-23-27-19(16)18)26-22(5,6)20(24)25-21(2,3)4/h7-13H,1-6H3. The SMILES string of the molecule is Cc1ccc(-c2c(SC(C)(C)C(=O)OC(C)(C)C)ccc3cnsc23)cc1. The summed E-state index contributed by atoms with van der Waals surface area (Å²) in [5, 5.41) is 1.12. The summed E-state index contributed by atoms with van der Waals surface area (Å²) in [7, 11) is 0. The van der Waals surface area contributed by atoms with Crippen LogP contribution in [0, 0.1) is 6.92 Å². The second-order valence-electron chi connectivity index (χ2n) is 8.16. The van der Waals surface area contributed by atoms with Gasteiger partial charge in [0.05, 0.1) is 4.70 Å². The number of carbonyl (C=O) groups is 1. The van der Waals surface area contributed by atoms with Gasteiger partial charge in [-0.1, -0.05) is 35.9 Å². The van der Waals surface area contributed by atoms with Crippen molar-refractivity contribution in [1.82, 2.24) is 4.37 Å². The van der Waals surface area contributed by atoms with Crippen molar-refractivity contribution in [2.24, 2.45) is 0 Å². The second kappa shape index (κ2) is 7.28. The maximum absolute atomic E-state index is 12.7. The Bertz CT molecular complexity index is 966. The van der Waals surface area contributed by atoms with Crippen LogP contribution in [0.1, 0.15) is 40.2 Å². The molecule has 0 amide bonds. The molecule has 5 heteroatoms. The molecular formula is C22H25NO2S2. The fraction of sp³-hybridized carbons (Fsp3) is 0.364. The Balaban J connectivity index is 2.05. The molecule has 2 aromatic carbocycles. The Morgan fingerprint density at radius 3 is 2.33 bits per heavy atom. The van der Waals surface area contributed by atoms with Crippen molar-refractivity contribution in [3.05, 3.63) is 48.2 Å². The van der Waals surface area contributed by atoms with Gasteiger partial charge < -0.3 is 4.74 Å². The molecule has 0 radical (unpaired) electrons. The van der Waals surface area contributed by atoms with Gasteiger partial charge in [0.25, 0.3) is 0 Å². The average Bonchev–Trinajstić information content (AvgIpc) is 3.02. The van der Waals surface area contributed by atoms with Gasteiger partial charge in [0.15, 0.2) is 0 Å². The molecule has 3 rings (SSSR count). The van der Waals surface area contributed by atoms with Crippen molar-refractivity contribution in [3.63, 3.8) is 0 Å². The normalized spacial score (nSPS) is 12.4. The maximum Gasteiger partial charge on any atom is 0.322 e. The summed E-state index contributed by atoms with van der Waals surface area (Å²) in [5.74, 6) is -0.209. The molecule has 0 N–H and O–H groups in total. The summed E-state index contributed by atoms with van der Waals surface area (Å²) in [6, 6.07) is 12.7. The van der Waals surface area contributed by atoms with Gasteiger partial charge in [-0.2, -0.15) is 4.37 Å². The summed E-state index contributed by atoms with van der Waals surface area (Å²) in [4.78, 5) is 13.8. The van der Waals surface area contributed by atoms with Crippen LogP contribution in [0.3, 0.4) is 0 Å². The highest BCUT2D eigenvalue weighted by molar-refractivity contribution is 8.01. The van der Waals surface area contributed by atoms with E-state index in [1.807, 2.05) is 40.8 Å². The van der Waals surface area contributed by atoms with E-state index in [1.54, 1.807) is 11.8 Å². The first-order valence-electron chi connectivity index (χ1n) is 8.94. The Hall–Kier alpha value is -1.85. The van der Waals surface area contributed by atoms with Gasteiger partial charge in [-0.25, -0.2) is 0 Å². The zero-order valence-electron chi connectivity index (χ0n) is 16.6. The van der Waals surface area contributed by atoms with Crippen molar-refractivity contribution in [3.8, 4) is 11.1 Å². The minimum Gasteiger partial charge on any atom is -0.459 e. The Morgan fingerprint density at radius 2 is 1.70 bits per heavy atom. The van der Waals surface area contributed by atoms with Crippen molar-refractivity contribution in [2.45, 2.75) is 56.8 Å². The van der Waals surface area contributed by atoms with Crippen molar-refractivity contribution < 1.29 is 9.53 Å². The lowest BCUT2D eigenvalue weighted by Gasteiger charge is -2.28. The van der Waals surface area contributed by atoms with Gasteiger partial charge in [0.1, 0.15) is 10.3 Å². The first-order chi connectivity index (χ1) is 12.6. The van der Waals surface area contributed by atoms with Crippen LogP contribution in [0.4, 0.5) is 0 Å². The second-order valence-corrected chi connectivity index (χ2v) is 10.6. The van der Waals surface area contributed by atoms with Crippen LogP contribution in [0.5, 0.6) is 0 Å². The number of rotatable bonds is 4. The van der Waals surface area contributed by atoms with Gasteiger partial charge in [-0.05, 0) is 64.7 Å². The van der Waals surface area contributed by atoms with Gasteiger partial charge >= 0.3 is 5.97 Å². The minimum atomic E-state index is -0.703. The van der Waals surface area contributed by atoms with Crippen LogP contribution in [-0.4, -0.2) is 20.7 Å². The van der Waals surface area contributed by atoms with Crippen LogP contribution in [0.25, 0.3) is 21.2 Å². The molecule has 0 bridgehead atoms. The van der Waals surface area contributed by atoms with E-state index in [-0.39, 0.29) is 5.97 Å². The van der Waals surface area contributed by atoms with Gasteiger partial charge in [-0.15, -0.1) is 11.8 Å². The number of hydrogen-bond donors (Lipinski definition) is 0. The van der Waals surface area contributed by atoms with E-state index in [2.05, 4.69) is 47.7 Å². The molecule has 0 aliphatic heterocycles. The van der Waals surface area contributed by atoms with Crippen molar-refractivity contribution >= 4 is 39.3 Å². The maximum atomic E-state index is 12.7. The van der Waals surface area contributed by atoms with E-state index < -0.39 is 10.3 Å². The molecule has 1 aromatic heterocycles. The predicted molar refractivity (Wildman–Crippen MR) is 116 cm³/mol. The zero-order chi connectivity index (χ0) is 19.8. The van der Waals surface area contributed by atoms with Crippen LogP contribution in [0.2, 0.25) is 0 Å². The van der Waals surface area contributed by atoms with Crippen LogP contribution < -0.4 is 0 Å². The number of aryl methyl sites for hydroxylation is 1. The average molecular weight is 400 g/mol. The number of ether oxygens (including phenoxy) is 1. The zero-order valence-corrected chi connectivity index (χ0v) is 18.3. The highest BCUT2D eigenvalue weighted by Crippen LogP contribution is 2.44. The molecule has 0 saturated heterocycles. The lowest BCUT2D eigenvalue weighted by molar-refractivity contribution is -0.156. The van der Waals surface area contributed by atoms with Crippen molar-refractivity contribution in [1.29, 1.82) is 0 Å². The minimum absolute atomic E-state index is 0.209. The summed E-state index contributed by atoms with van der Waals surface area (Å²) >= 11 is 3.03. The molecule has 142 valence electrons. The summed E-state index contributed by atoms with van der Waals surface area (Å²) in [6.45, 7) is 11.6. The Morgan fingerprint density at radius 1 is 1.04 bits per heavy atom. The van der Waals surface area contributed by atoms with Gasteiger partial charge in [-0.3, -0.25) is 4.79 Å². The lowest BCUT2D eigenvalue weighted by atomic mass is 10.0. The first kappa shape index (κ1) is 19.9. The third-order valence-corrected chi connectivity index (χ3v) is 6.15. The predicted octanol–water partition coefficient (Wildman–Crippen LogP) is 6.48. The molecule has 27 heavy (non-hydrogen) atoms. The van der Waals surface area contributed by atoms with Crippen LogP contribution in [-0.2, 0) is 9.53 Å². The molecule has 1 heterocycles. The quantitative estimate of drug-likeness (QED) is 0.371. The lowest BCUT2D eigenvalue weighted by Crippen LogP contribution is -2.36. The van der Waals surface area contributed by atoms with Gasteiger partial charge in [0.2, 0.25) is 0 Å². The number of carbonyl (C=O) groups excluding carboxylic acids is 1. The number of aromatic nitrogens is 1. The molecule has 0 fully saturated rings.